The molecule has 0 unspecified atom stereocenters. The topological polar surface area (TPSA) is 76.1 Å². The molecule has 0 fully saturated rings. The number of ether oxygens (including phenoxy) is 1. The molecule has 0 bridgehead atoms. The summed E-state index contributed by atoms with van der Waals surface area (Å²) in [5.41, 5.74) is 5.67. The average molecular weight is 400 g/mol. The van der Waals surface area contributed by atoms with Crippen LogP contribution >= 0.6 is 11.3 Å². The van der Waals surface area contributed by atoms with Gasteiger partial charge in [-0.05, 0) is 29.8 Å². The number of hydrogen-bond acceptors (Lipinski definition) is 5. The molecule has 28 heavy (non-hydrogen) atoms. The minimum absolute atomic E-state index is 0.00756. The molecule has 2 N–H and O–H groups in total. The van der Waals surface area contributed by atoms with Gasteiger partial charge in [-0.25, -0.2) is 0 Å². The van der Waals surface area contributed by atoms with Crippen LogP contribution in [0.1, 0.15) is 22.6 Å². The summed E-state index contributed by atoms with van der Waals surface area (Å²) in [5, 5.41) is 10.2. The Bertz CT molecular complexity index is 1220. The number of rotatable bonds is 1. The van der Waals surface area contributed by atoms with Crippen LogP contribution in [0.2, 0.25) is 0 Å². The highest BCUT2D eigenvalue weighted by atomic mass is 32.1. The zero-order valence-corrected chi connectivity index (χ0v) is 14.9. The number of allylic oxidation sites excluding steroid dienone is 1. The second-order valence-electron chi connectivity index (χ2n) is 6.17. The highest BCUT2D eigenvalue weighted by Gasteiger charge is 2.35. The van der Waals surface area contributed by atoms with Crippen molar-refractivity contribution in [3.63, 3.8) is 0 Å². The highest BCUT2D eigenvalue weighted by molar-refractivity contribution is 7.16. The van der Waals surface area contributed by atoms with E-state index in [1.807, 2.05) is 6.07 Å². The molecule has 8 heteroatoms. The van der Waals surface area contributed by atoms with Gasteiger partial charge in [0.25, 0.3) is 0 Å². The number of fused-ring (bicyclic) bond motifs is 3. The van der Waals surface area contributed by atoms with Gasteiger partial charge in [0.15, 0.2) is 0 Å². The predicted octanol–water partition coefficient (Wildman–Crippen LogP) is 4.50. The number of hydrogen-bond donors (Lipinski definition) is 1. The fraction of sp³-hybridized carbons (Fsp3) is 0.100. The Balaban J connectivity index is 1.98. The Morgan fingerprint density at radius 1 is 1.11 bits per heavy atom. The van der Waals surface area contributed by atoms with E-state index in [0.717, 1.165) is 23.5 Å². The van der Waals surface area contributed by atoms with Crippen LogP contribution in [0.3, 0.4) is 0 Å². The van der Waals surface area contributed by atoms with Crippen molar-refractivity contribution in [2.24, 2.45) is 5.73 Å². The van der Waals surface area contributed by atoms with Crippen LogP contribution < -0.4 is 15.2 Å². The molecule has 0 saturated carbocycles. The number of nitriles is 1. The van der Waals surface area contributed by atoms with Gasteiger partial charge in [-0.1, -0.05) is 35.6 Å². The van der Waals surface area contributed by atoms with Crippen LogP contribution in [-0.2, 0) is 6.18 Å². The molecule has 3 aromatic rings. The quantitative estimate of drug-likeness (QED) is 0.653. The summed E-state index contributed by atoms with van der Waals surface area (Å²) in [6.07, 6.45) is -4.49. The maximum Gasteiger partial charge on any atom is 0.416 e. The van der Waals surface area contributed by atoms with Gasteiger partial charge in [-0.15, -0.1) is 0 Å². The second kappa shape index (κ2) is 6.39. The molecule has 0 radical (unpaired) electrons. The van der Waals surface area contributed by atoms with E-state index < -0.39 is 17.7 Å². The lowest BCUT2D eigenvalue weighted by Gasteiger charge is -2.26. The monoisotopic (exact) mass is 400 g/mol. The van der Waals surface area contributed by atoms with Gasteiger partial charge in [-0.2, -0.15) is 18.4 Å². The number of nitrogens with two attached hydrogens (primary N) is 1. The highest BCUT2D eigenvalue weighted by Crippen LogP contribution is 2.44. The summed E-state index contributed by atoms with van der Waals surface area (Å²) in [4.78, 5) is 12.8. The van der Waals surface area contributed by atoms with E-state index in [9.17, 15) is 23.2 Å². The van der Waals surface area contributed by atoms with Crippen LogP contribution in [-0.4, -0.2) is 0 Å². The number of halogens is 3. The third-order valence-electron chi connectivity index (χ3n) is 4.55. The van der Waals surface area contributed by atoms with Gasteiger partial charge in [0, 0.05) is 10.1 Å². The fourth-order valence-electron chi connectivity index (χ4n) is 3.26. The first-order chi connectivity index (χ1) is 13.3. The molecule has 1 aromatic heterocycles. The third kappa shape index (κ3) is 2.80. The lowest BCUT2D eigenvalue weighted by molar-refractivity contribution is -0.137. The summed E-state index contributed by atoms with van der Waals surface area (Å²) >= 11 is 0.988. The summed E-state index contributed by atoms with van der Waals surface area (Å²) in [5.74, 6) is -0.828. The van der Waals surface area contributed by atoms with Gasteiger partial charge in [0.2, 0.25) is 10.6 Å². The van der Waals surface area contributed by atoms with Crippen LogP contribution in [0.25, 0.3) is 10.1 Å². The first-order valence-corrected chi connectivity index (χ1v) is 8.93. The van der Waals surface area contributed by atoms with Gasteiger partial charge in [-0.3, -0.25) is 4.79 Å². The van der Waals surface area contributed by atoms with E-state index in [0.29, 0.717) is 15.6 Å². The smallest absolute Gasteiger partial charge is 0.416 e. The van der Waals surface area contributed by atoms with E-state index >= 15 is 0 Å². The lowest BCUT2D eigenvalue weighted by Crippen LogP contribution is -2.25. The SMILES string of the molecule is N#CC1=C(N)Oc2c(c(=O)sc3ccccc23)[C@@H]1c1ccc(C(F)(F)F)cc1. The van der Waals surface area contributed by atoms with Crippen LogP contribution in [0.5, 0.6) is 5.75 Å². The van der Waals surface area contributed by atoms with Crippen molar-refractivity contribution >= 4 is 21.4 Å². The summed E-state index contributed by atoms with van der Waals surface area (Å²) in [7, 11) is 0. The average Bonchev–Trinajstić information content (AvgIpc) is 2.66. The van der Waals surface area contributed by atoms with Crippen molar-refractivity contribution in [1.82, 2.24) is 0 Å². The van der Waals surface area contributed by atoms with Crippen LogP contribution in [0.15, 0.2) is 64.8 Å². The molecule has 140 valence electrons. The van der Waals surface area contributed by atoms with Crippen molar-refractivity contribution in [3.8, 4) is 11.8 Å². The maximum absolute atomic E-state index is 12.9. The van der Waals surface area contributed by atoms with Crippen molar-refractivity contribution in [2.75, 3.05) is 0 Å². The maximum atomic E-state index is 12.9. The number of nitrogens with zero attached hydrogens (tertiary/aromatic N) is 1. The minimum atomic E-state index is -4.49. The summed E-state index contributed by atoms with van der Waals surface area (Å²) < 4.78 is 44.7. The Kier molecular flexibility index (Phi) is 4.12. The van der Waals surface area contributed by atoms with Crippen molar-refractivity contribution in [3.05, 3.63) is 86.2 Å². The fourth-order valence-corrected chi connectivity index (χ4v) is 4.20. The minimum Gasteiger partial charge on any atom is -0.439 e. The van der Waals surface area contributed by atoms with E-state index in [1.54, 1.807) is 24.3 Å². The zero-order valence-electron chi connectivity index (χ0n) is 14.1. The first kappa shape index (κ1) is 18.1. The Morgan fingerprint density at radius 3 is 2.43 bits per heavy atom. The standard InChI is InChI=1S/C20H11F3N2O2S/c21-20(22,23)11-7-5-10(6-8-11)15-13(9-24)18(25)27-17-12-3-1-2-4-14(12)28-19(26)16(15)17/h1-8,15H,25H2/t15-/m1/s1. The Hall–Kier alpha value is -3.31. The summed E-state index contributed by atoms with van der Waals surface area (Å²) in [6.45, 7) is 0. The molecular weight excluding hydrogens is 389 g/mol. The normalized spacial score (nSPS) is 16.4. The van der Waals surface area contributed by atoms with Gasteiger partial charge in [0.1, 0.15) is 17.4 Å². The third-order valence-corrected chi connectivity index (χ3v) is 5.53. The predicted molar refractivity (Wildman–Crippen MR) is 98.8 cm³/mol. The molecule has 1 aliphatic heterocycles. The van der Waals surface area contributed by atoms with Crippen LogP contribution in [0, 0.1) is 11.3 Å². The zero-order chi connectivity index (χ0) is 20.1. The molecule has 0 saturated heterocycles. The van der Waals surface area contributed by atoms with Gasteiger partial charge in [0.05, 0.1) is 17.0 Å². The Labute approximate surface area is 160 Å². The molecule has 2 aromatic carbocycles. The molecule has 4 rings (SSSR count). The molecule has 1 aliphatic rings. The first-order valence-electron chi connectivity index (χ1n) is 8.11. The largest absolute Gasteiger partial charge is 0.439 e. The van der Waals surface area contributed by atoms with Crippen molar-refractivity contribution in [1.29, 1.82) is 5.26 Å². The number of benzene rings is 2. The molecule has 2 heterocycles. The molecule has 0 spiro atoms. The summed E-state index contributed by atoms with van der Waals surface area (Å²) in [6, 6.07) is 13.4. The molecule has 0 aliphatic carbocycles. The van der Waals surface area contributed by atoms with E-state index in [2.05, 4.69) is 0 Å². The van der Waals surface area contributed by atoms with Crippen molar-refractivity contribution < 1.29 is 17.9 Å². The molecule has 4 nitrogen and oxygen atoms in total. The van der Waals surface area contributed by atoms with Gasteiger partial charge >= 0.3 is 6.18 Å². The van der Waals surface area contributed by atoms with E-state index in [1.165, 1.54) is 12.1 Å². The number of alkyl halides is 3. The molecule has 0 amide bonds. The van der Waals surface area contributed by atoms with E-state index in [-0.39, 0.29) is 27.5 Å². The lowest BCUT2D eigenvalue weighted by atomic mass is 9.84. The van der Waals surface area contributed by atoms with Crippen LogP contribution in [0.4, 0.5) is 13.2 Å². The second-order valence-corrected chi connectivity index (χ2v) is 7.19. The van der Waals surface area contributed by atoms with Gasteiger partial charge < -0.3 is 10.5 Å². The van der Waals surface area contributed by atoms with Crippen molar-refractivity contribution in [2.45, 2.75) is 12.1 Å². The Morgan fingerprint density at radius 2 is 1.79 bits per heavy atom. The molecular formula is C20H11F3N2O2S. The molecule has 1 atom stereocenters. The van der Waals surface area contributed by atoms with E-state index in [4.69, 9.17) is 10.5 Å².